The summed E-state index contributed by atoms with van der Waals surface area (Å²) in [4.78, 5) is 22.3. The van der Waals surface area contributed by atoms with E-state index in [1.54, 1.807) is 19.1 Å². The zero-order chi connectivity index (χ0) is 12.3. The molecule has 0 bridgehead atoms. The number of rotatable bonds is 4. The first-order valence-corrected chi connectivity index (χ1v) is 4.88. The molecule has 0 spiro atoms. The minimum atomic E-state index is -3.97. The number of hydrogen-bond donors (Lipinski definition) is 0. The van der Waals surface area contributed by atoms with Crippen LogP contribution >= 0.6 is 11.6 Å². The summed E-state index contributed by atoms with van der Waals surface area (Å²) in [6.45, 7) is 1.76. The van der Waals surface area contributed by atoms with Gasteiger partial charge < -0.3 is 0 Å². The van der Waals surface area contributed by atoms with Crippen molar-refractivity contribution in [2.24, 2.45) is 0 Å². The van der Waals surface area contributed by atoms with Crippen molar-refractivity contribution in [3.63, 3.8) is 0 Å². The lowest BCUT2D eigenvalue weighted by Crippen LogP contribution is -2.24. The van der Waals surface area contributed by atoms with E-state index in [2.05, 4.69) is 11.6 Å². The largest absolute Gasteiger partial charge is 0.380 e. The Kier molecular flexibility index (Phi) is 3.75. The van der Waals surface area contributed by atoms with Crippen LogP contribution in [0.15, 0.2) is 24.3 Å². The third kappa shape index (κ3) is 3.38. The average molecular weight is 247 g/mol. The Morgan fingerprint density at radius 1 is 1.38 bits per heavy atom. The molecule has 0 atom stereocenters. The molecule has 2 nitrogen and oxygen atoms in total. The number of carbonyl (C=O) groups excluding carboxylic acids is 2. The molecule has 1 aromatic rings. The van der Waals surface area contributed by atoms with Crippen LogP contribution in [0.5, 0.6) is 0 Å². The van der Waals surface area contributed by atoms with Crippen molar-refractivity contribution in [2.75, 3.05) is 0 Å². The molecule has 0 unspecified atom stereocenters. The minimum absolute atomic E-state index is 0.231. The molecule has 0 aliphatic heterocycles. The minimum Gasteiger partial charge on any atom is -0.294 e. The van der Waals surface area contributed by atoms with Gasteiger partial charge in [-0.3, -0.25) is 9.59 Å². The molecule has 0 aliphatic carbocycles. The lowest BCUT2D eigenvalue weighted by atomic mass is 10.0. The number of hydrogen-bond acceptors (Lipinski definition) is 2. The van der Waals surface area contributed by atoms with Gasteiger partial charge in [0, 0.05) is 5.56 Å². The summed E-state index contributed by atoms with van der Waals surface area (Å²) in [6, 6.07) is 6.37. The highest BCUT2D eigenvalue weighted by Gasteiger charge is 2.36. The summed E-state index contributed by atoms with van der Waals surface area (Å²) in [5.74, 6) is -2.24. The second kappa shape index (κ2) is 4.70. The molecule has 0 N–H and O–H groups in total. The number of halogens is 3. The van der Waals surface area contributed by atoms with Crippen molar-refractivity contribution in [3.8, 4) is 0 Å². The van der Waals surface area contributed by atoms with E-state index in [9.17, 15) is 18.4 Å². The molecule has 0 aromatic heterocycles. The molecular formula is C11H9ClF2O2. The van der Waals surface area contributed by atoms with E-state index in [1.807, 2.05) is 0 Å². The quantitative estimate of drug-likeness (QED) is 0.465. The molecule has 0 radical (unpaired) electrons. The Balaban J connectivity index is 2.78. The smallest absolute Gasteiger partial charge is 0.294 e. The Labute approximate surface area is 96.2 Å². The second-order valence-electron chi connectivity index (χ2n) is 3.39. The highest BCUT2D eigenvalue weighted by Crippen LogP contribution is 2.22. The van der Waals surface area contributed by atoms with E-state index in [0.717, 1.165) is 5.56 Å². The van der Waals surface area contributed by atoms with Crippen molar-refractivity contribution in [2.45, 2.75) is 18.7 Å². The molecule has 16 heavy (non-hydrogen) atoms. The van der Waals surface area contributed by atoms with Crippen LogP contribution in [0.2, 0.25) is 0 Å². The third-order valence-electron chi connectivity index (χ3n) is 1.98. The fourth-order valence-corrected chi connectivity index (χ4v) is 1.23. The van der Waals surface area contributed by atoms with Crippen molar-refractivity contribution in [3.05, 3.63) is 35.4 Å². The van der Waals surface area contributed by atoms with Crippen LogP contribution < -0.4 is 0 Å². The van der Waals surface area contributed by atoms with Gasteiger partial charge >= 0.3 is 5.38 Å². The van der Waals surface area contributed by atoms with Crippen LogP contribution in [0.4, 0.5) is 8.78 Å². The summed E-state index contributed by atoms with van der Waals surface area (Å²) >= 11 is 4.51. The van der Waals surface area contributed by atoms with Crippen molar-refractivity contribution < 1.29 is 18.4 Å². The van der Waals surface area contributed by atoms with E-state index < -0.39 is 23.4 Å². The summed E-state index contributed by atoms with van der Waals surface area (Å²) < 4.78 is 24.7. The molecule has 1 rings (SSSR count). The summed E-state index contributed by atoms with van der Waals surface area (Å²) in [6.07, 6.45) is -0.889. The zero-order valence-corrected chi connectivity index (χ0v) is 9.22. The van der Waals surface area contributed by atoms with Gasteiger partial charge in [-0.1, -0.05) is 23.8 Å². The molecule has 0 heterocycles. The fourth-order valence-electron chi connectivity index (χ4n) is 1.17. The zero-order valence-electron chi connectivity index (χ0n) is 8.47. The summed E-state index contributed by atoms with van der Waals surface area (Å²) in [5.41, 5.74) is 1.05. The molecule has 86 valence electrons. The maximum Gasteiger partial charge on any atom is 0.380 e. The second-order valence-corrected chi connectivity index (χ2v) is 3.87. The van der Waals surface area contributed by atoms with Gasteiger partial charge in [0.25, 0.3) is 0 Å². The predicted molar refractivity (Wildman–Crippen MR) is 55.9 cm³/mol. The number of aryl methyl sites for hydroxylation is 1. The molecular weight excluding hydrogens is 238 g/mol. The van der Waals surface area contributed by atoms with Gasteiger partial charge in [0.1, 0.15) is 0 Å². The standard InChI is InChI=1S/C11H9ClF2O2/c1-7-3-2-4-8(5-7)9(15)6-10(16)11(12,13)14/h2-5H,6H2,1H3. The van der Waals surface area contributed by atoms with E-state index in [0.29, 0.717) is 0 Å². The number of Topliss-reactive ketones (excluding diaryl/α,β-unsaturated/α-hetero) is 2. The van der Waals surface area contributed by atoms with E-state index in [1.165, 1.54) is 12.1 Å². The monoisotopic (exact) mass is 246 g/mol. The van der Waals surface area contributed by atoms with Gasteiger partial charge in [0.2, 0.25) is 5.78 Å². The molecule has 0 saturated heterocycles. The molecule has 0 fully saturated rings. The van der Waals surface area contributed by atoms with E-state index >= 15 is 0 Å². The van der Waals surface area contributed by atoms with Gasteiger partial charge in [-0.2, -0.15) is 8.78 Å². The van der Waals surface area contributed by atoms with Crippen molar-refractivity contribution in [1.29, 1.82) is 0 Å². The number of alkyl halides is 3. The lowest BCUT2D eigenvalue weighted by Gasteiger charge is -2.06. The SMILES string of the molecule is Cc1cccc(C(=O)CC(=O)C(F)(F)Cl)c1. The van der Waals surface area contributed by atoms with Crippen LogP contribution in [-0.2, 0) is 4.79 Å². The Hall–Kier alpha value is -1.29. The molecule has 0 amide bonds. The molecule has 1 aromatic carbocycles. The van der Waals surface area contributed by atoms with Crippen molar-refractivity contribution >= 4 is 23.2 Å². The summed E-state index contributed by atoms with van der Waals surface area (Å²) in [5, 5.41) is -3.97. The van der Waals surface area contributed by atoms with Crippen molar-refractivity contribution in [1.82, 2.24) is 0 Å². The number of benzene rings is 1. The Morgan fingerprint density at radius 3 is 2.50 bits per heavy atom. The topological polar surface area (TPSA) is 34.1 Å². The third-order valence-corrected chi connectivity index (χ3v) is 2.19. The first-order valence-electron chi connectivity index (χ1n) is 4.50. The van der Waals surface area contributed by atoms with E-state index in [4.69, 9.17) is 0 Å². The first kappa shape index (κ1) is 12.8. The first-order chi connectivity index (χ1) is 7.30. The predicted octanol–water partition coefficient (Wildman–Crippen LogP) is 2.97. The van der Waals surface area contributed by atoms with Gasteiger partial charge in [-0.05, 0) is 24.6 Å². The van der Waals surface area contributed by atoms with Crippen LogP contribution in [0.1, 0.15) is 22.3 Å². The molecule has 0 aliphatic rings. The molecule has 0 saturated carbocycles. The highest BCUT2D eigenvalue weighted by molar-refractivity contribution is 6.34. The summed E-state index contributed by atoms with van der Waals surface area (Å²) in [7, 11) is 0. The van der Waals surface area contributed by atoms with Crippen LogP contribution in [0.25, 0.3) is 0 Å². The molecule has 5 heteroatoms. The Bertz CT molecular complexity index is 424. The maximum atomic E-state index is 12.3. The average Bonchev–Trinajstić information content (AvgIpc) is 2.16. The van der Waals surface area contributed by atoms with Gasteiger partial charge in [0.15, 0.2) is 5.78 Å². The van der Waals surface area contributed by atoms with Crippen LogP contribution in [0, 0.1) is 6.92 Å². The number of carbonyl (C=O) groups is 2. The van der Waals surface area contributed by atoms with Gasteiger partial charge in [-0.25, -0.2) is 0 Å². The van der Waals surface area contributed by atoms with Gasteiger partial charge in [-0.15, -0.1) is 0 Å². The maximum absolute atomic E-state index is 12.3. The van der Waals surface area contributed by atoms with Crippen LogP contribution in [-0.4, -0.2) is 16.9 Å². The van der Waals surface area contributed by atoms with Gasteiger partial charge in [0.05, 0.1) is 6.42 Å². The highest BCUT2D eigenvalue weighted by atomic mass is 35.5. The lowest BCUT2D eigenvalue weighted by molar-refractivity contribution is -0.132. The number of ketones is 2. The van der Waals surface area contributed by atoms with Crippen LogP contribution in [0.3, 0.4) is 0 Å². The normalized spacial score (nSPS) is 11.2. The van der Waals surface area contributed by atoms with E-state index in [-0.39, 0.29) is 5.56 Å². The Morgan fingerprint density at radius 2 is 2.00 bits per heavy atom. The fraction of sp³-hybridized carbons (Fsp3) is 0.273.